The molecule has 21 heavy (non-hydrogen) atoms. The molecule has 0 heterocycles. The average Bonchev–Trinajstić information content (AvgIpc) is 2.90. The Morgan fingerprint density at radius 2 is 1.95 bits per heavy atom. The zero-order valence-electron chi connectivity index (χ0n) is 11.4. The van der Waals surface area contributed by atoms with Gasteiger partial charge < -0.3 is 16.2 Å². The second kappa shape index (κ2) is 6.54. The van der Waals surface area contributed by atoms with Gasteiger partial charge in [-0.25, -0.2) is 0 Å². The molecule has 2 rings (SSSR count). The van der Waals surface area contributed by atoms with Gasteiger partial charge in [0.2, 0.25) is 0 Å². The predicted octanol–water partition coefficient (Wildman–Crippen LogP) is 3.62. The molecule has 0 radical (unpaired) electrons. The molecule has 118 valence electrons. The van der Waals surface area contributed by atoms with E-state index < -0.39 is 17.8 Å². The number of halogens is 4. The largest absolute Gasteiger partial charge is 0.418 e. The van der Waals surface area contributed by atoms with Gasteiger partial charge in [-0.15, -0.1) is 0 Å². The molecule has 0 bridgehead atoms. The van der Waals surface area contributed by atoms with Crippen LogP contribution in [0.2, 0.25) is 0 Å². The van der Waals surface area contributed by atoms with Crippen molar-refractivity contribution in [2.75, 3.05) is 12.3 Å². The maximum absolute atomic E-state index is 13.0. The van der Waals surface area contributed by atoms with Crippen molar-refractivity contribution in [1.29, 1.82) is 0 Å². The van der Waals surface area contributed by atoms with Gasteiger partial charge in [0.15, 0.2) is 0 Å². The van der Waals surface area contributed by atoms with E-state index in [2.05, 4.69) is 21.2 Å². The normalized spacial score (nSPS) is 18.1. The van der Waals surface area contributed by atoms with E-state index in [1.54, 1.807) is 0 Å². The Morgan fingerprint density at radius 1 is 1.33 bits per heavy atom. The summed E-state index contributed by atoms with van der Waals surface area (Å²) >= 11 is 3.07. The molecular weight excluding hydrogens is 349 g/mol. The van der Waals surface area contributed by atoms with Gasteiger partial charge in [0, 0.05) is 10.5 Å². The minimum Gasteiger partial charge on any atom is -0.397 e. The zero-order valence-corrected chi connectivity index (χ0v) is 13.0. The van der Waals surface area contributed by atoms with E-state index in [1.165, 1.54) is 6.07 Å². The third-order valence-electron chi connectivity index (χ3n) is 3.83. The van der Waals surface area contributed by atoms with Crippen molar-refractivity contribution in [3.63, 3.8) is 0 Å². The number of hydrogen-bond donors (Lipinski definition) is 3. The van der Waals surface area contributed by atoms with Crippen molar-refractivity contribution in [2.45, 2.75) is 43.9 Å². The SMILES string of the molecule is Nc1c(Br)cc(C(CO)NC2CCCC2)cc1C(F)(F)F. The molecule has 0 aliphatic heterocycles. The number of nitrogens with one attached hydrogen (secondary N) is 1. The first kappa shape index (κ1) is 16.6. The Morgan fingerprint density at radius 3 is 2.48 bits per heavy atom. The lowest BCUT2D eigenvalue weighted by atomic mass is 10.0. The highest BCUT2D eigenvalue weighted by atomic mass is 79.9. The number of aliphatic hydroxyl groups is 1. The molecule has 1 aromatic rings. The maximum Gasteiger partial charge on any atom is 0.418 e. The summed E-state index contributed by atoms with van der Waals surface area (Å²) < 4.78 is 39.2. The Labute approximate surface area is 129 Å². The summed E-state index contributed by atoms with van der Waals surface area (Å²) in [4.78, 5) is 0. The molecule has 0 aromatic heterocycles. The van der Waals surface area contributed by atoms with Crippen LogP contribution < -0.4 is 11.1 Å². The molecule has 1 aromatic carbocycles. The summed E-state index contributed by atoms with van der Waals surface area (Å²) in [6, 6.07) is 2.27. The zero-order chi connectivity index (χ0) is 15.6. The number of rotatable bonds is 4. The van der Waals surface area contributed by atoms with Gasteiger partial charge in [-0.2, -0.15) is 13.2 Å². The number of nitrogen functional groups attached to an aromatic ring is 1. The minimum atomic E-state index is -4.52. The molecule has 1 atom stereocenters. The number of aliphatic hydroxyl groups excluding tert-OH is 1. The van der Waals surface area contributed by atoms with Crippen LogP contribution in [-0.2, 0) is 6.18 Å². The molecule has 3 nitrogen and oxygen atoms in total. The highest BCUT2D eigenvalue weighted by molar-refractivity contribution is 9.10. The molecule has 0 saturated heterocycles. The number of anilines is 1. The van der Waals surface area contributed by atoms with Crippen molar-refractivity contribution in [1.82, 2.24) is 5.32 Å². The first-order chi connectivity index (χ1) is 9.82. The summed E-state index contributed by atoms with van der Waals surface area (Å²) in [5, 5.41) is 12.7. The van der Waals surface area contributed by atoms with Crippen LogP contribution in [0.3, 0.4) is 0 Å². The van der Waals surface area contributed by atoms with Gasteiger partial charge in [-0.1, -0.05) is 12.8 Å². The molecule has 0 spiro atoms. The molecule has 0 amide bonds. The standard InChI is InChI=1S/C14H18BrF3N2O/c15-11-6-8(5-10(13(11)19)14(16,17)18)12(7-21)20-9-3-1-2-4-9/h5-6,9,12,20-21H,1-4,7,19H2. The predicted molar refractivity (Wildman–Crippen MR) is 78.8 cm³/mol. The second-order valence-corrected chi connectivity index (χ2v) is 6.20. The topological polar surface area (TPSA) is 58.3 Å². The van der Waals surface area contributed by atoms with Crippen molar-refractivity contribution in [2.24, 2.45) is 0 Å². The van der Waals surface area contributed by atoms with Crippen LogP contribution in [0.25, 0.3) is 0 Å². The molecule has 1 unspecified atom stereocenters. The fraction of sp³-hybridized carbons (Fsp3) is 0.571. The lowest BCUT2D eigenvalue weighted by molar-refractivity contribution is -0.137. The lowest BCUT2D eigenvalue weighted by Crippen LogP contribution is -2.33. The summed E-state index contributed by atoms with van der Waals surface area (Å²) in [7, 11) is 0. The maximum atomic E-state index is 13.0. The summed E-state index contributed by atoms with van der Waals surface area (Å²) in [6.45, 7) is -0.260. The highest BCUT2D eigenvalue weighted by Gasteiger charge is 2.35. The van der Waals surface area contributed by atoms with Crippen molar-refractivity contribution < 1.29 is 18.3 Å². The molecule has 4 N–H and O–H groups in total. The van der Waals surface area contributed by atoms with Crippen molar-refractivity contribution >= 4 is 21.6 Å². The Bertz CT molecular complexity index is 502. The van der Waals surface area contributed by atoms with Crippen molar-refractivity contribution in [3.8, 4) is 0 Å². The van der Waals surface area contributed by atoms with Gasteiger partial charge in [-0.05, 0) is 46.5 Å². The van der Waals surface area contributed by atoms with Gasteiger partial charge in [0.05, 0.1) is 23.9 Å². The quantitative estimate of drug-likeness (QED) is 0.713. The Balaban J connectivity index is 2.30. The minimum absolute atomic E-state index is 0.194. The second-order valence-electron chi connectivity index (χ2n) is 5.34. The average molecular weight is 367 g/mol. The van der Waals surface area contributed by atoms with Crippen LogP contribution in [0.1, 0.15) is 42.9 Å². The van der Waals surface area contributed by atoms with Crippen LogP contribution in [-0.4, -0.2) is 17.8 Å². The number of alkyl halides is 3. The lowest BCUT2D eigenvalue weighted by Gasteiger charge is -2.23. The van der Waals surface area contributed by atoms with E-state index in [1.807, 2.05) is 0 Å². The van der Waals surface area contributed by atoms with E-state index in [9.17, 15) is 18.3 Å². The van der Waals surface area contributed by atoms with E-state index in [4.69, 9.17) is 5.73 Å². The number of benzene rings is 1. The first-order valence-corrected chi connectivity index (χ1v) is 7.65. The van der Waals surface area contributed by atoms with Crippen molar-refractivity contribution in [3.05, 3.63) is 27.7 Å². The summed E-state index contributed by atoms with van der Waals surface area (Å²) in [5.41, 5.74) is 4.67. The number of hydrogen-bond acceptors (Lipinski definition) is 3. The summed E-state index contributed by atoms with van der Waals surface area (Å²) in [5.74, 6) is 0. The van der Waals surface area contributed by atoms with Gasteiger partial charge in [0.25, 0.3) is 0 Å². The molecule has 1 aliphatic carbocycles. The fourth-order valence-corrected chi connectivity index (χ4v) is 3.18. The van der Waals surface area contributed by atoms with Crippen LogP contribution in [0.15, 0.2) is 16.6 Å². The van der Waals surface area contributed by atoms with E-state index in [0.29, 0.717) is 5.56 Å². The van der Waals surface area contributed by atoms with Gasteiger partial charge in [0.1, 0.15) is 0 Å². The highest BCUT2D eigenvalue weighted by Crippen LogP contribution is 2.39. The third-order valence-corrected chi connectivity index (χ3v) is 4.49. The van der Waals surface area contributed by atoms with Gasteiger partial charge >= 0.3 is 6.18 Å². The first-order valence-electron chi connectivity index (χ1n) is 6.86. The molecule has 7 heteroatoms. The Hall–Kier alpha value is -0.790. The van der Waals surface area contributed by atoms with Crippen LogP contribution >= 0.6 is 15.9 Å². The molecule has 1 aliphatic rings. The third kappa shape index (κ3) is 3.90. The number of nitrogens with two attached hydrogens (primary N) is 1. The summed E-state index contributed by atoms with van der Waals surface area (Å²) in [6.07, 6.45) is -0.336. The van der Waals surface area contributed by atoms with Crippen LogP contribution in [0.5, 0.6) is 0 Å². The molecule has 1 fully saturated rings. The molecular formula is C14H18BrF3N2O. The Kier molecular flexibility index (Phi) is 5.16. The smallest absolute Gasteiger partial charge is 0.397 e. The van der Waals surface area contributed by atoms with E-state index in [0.717, 1.165) is 31.7 Å². The fourth-order valence-electron chi connectivity index (χ4n) is 2.71. The molecule has 1 saturated carbocycles. The van der Waals surface area contributed by atoms with Crippen LogP contribution in [0.4, 0.5) is 18.9 Å². The monoisotopic (exact) mass is 366 g/mol. The van der Waals surface area contributed by atoms with Gasteiger partial charge in [-0.3, -0.25) is 0 Å². The van der Waals surface area contributed by atoms with E-state index in [-0.39, 0.29) is 22.8 Å². The van der Waals surface area contributed by atoms with Crippen LogP contribution in [0, 0.1) is 0 Å². The van der Waals surface area contributed by atoms with E-state index >= 15 is 0 Å².